The molecule has 3 amide bonds. The van der Waals surface area contributed by atoms with Gasteiger partial charge in [-0.15, -0.1) is 11.3 Å². The minimum atomic E-state index is -0.623. The second-order valence-corrected chi connectivity index (χ2v) is 7.79. The van der Waals surface area contributed by atoms with Crippen LogP contribution < -0.4 is 26.1 Å². The van der Waals surface area contributed by atoms with Gasteiger partial charge in [-0.25, -0.2) is 0 Å². The summed E-state index contributed by atoms with van der Waals surface area (Å²) >= 11 is 1.48. The fraction of sp³-hybridized carbons (Fsp3) is 0.350. The third-order valence-corrected chi connectivity index (χ3v) is 5.79. The van der Waals surface area contributed by atoms with E-state index in [9.17, 15) is 14.4 Å². The number of hydrazine groups is 1. The number of hydrogen-bond acceptors (Lipinski definition) is 6. The Kier molecular flexibility index (Phi) is 6.71. The van der Waals surface area contributed by atoms with Gasteiger partial charge in [-0.2, -0.15) is 0 Å². The third-order valence-electron chi connectivity index (χ3n) is 4.56. The number of fused-ring (bicyclic) bond motifs is 1. The molecular weight excluding hydrogens is 394 g/mol. The van der Waals surface area contributed by atoms with E-state index < -0.39 is 11.8 Å². The summed E-state index contributed by atoms with van der Waals surface area (Å²) in [6, 6.07) is 6.36. The highest BCUT2D eigenvalue weighted by Gasteiger charge is 2.18. The van der Waals surface area contributed by atoms with Crippen molar-refractivity contribution in [3.8, 4) is 11.5 Å². The standard InChI is InChI=1S/C20H23N3O5S/c1-27-15-9-13(7-8-14(15)28-11-18(21)24)19(25)22-23-20(26)17-10-12-5-3-2-4-6-16(12)29-17/h7-10H,2-6,11H2,1H3,(H2,21,24)(H,22,25)(H,23,26). The molecule has 0 fully saturated rings. The van der Waals surface area contributed by atoms with Crippen LogP contribution in [0.4, 0.5) is 0 Å². The molecule has 2 aromatic rings. The maximum absolute atomic E-state index is 12.4. The van der Waals surface area contributed by atoms with Gasteiger partial charge in [0.15, 0.2) is 18.1 Å². The zero-order valence-electron chi connectivity index (χ0n) is 16.1. The number of amides is 3. The maximum atomic E-state index is 12.4. The van der Waals surface area contributed by atoms with E-state index in [1.165, 1.54) is 53.5 Å². The van der Waals surface area contributed by atoms with Crippen molar-refractivity contribution in [1.29, 1.82) is 0 Å². The van der Waals surface area contributed by atoms with Gasteiger partial charge < -0.3 is 15.2 Å². The van der Waals surface area contributed by atoms with Crippen LogP contribution in [0, 0.1) is 0 Å². The van der Waals surface area contributed by atoms with Crippen LogP contribution in [0.1, 0.15) is 49.7 Å². The molecule has 1 aliphatic carbocycles. The third kappa shape index (κ3) is 5.26. The molecule has 4 N–H and O–H groups in total. The van der Waals surface area contributed by atoms with Crippen LogP contribution in [0.3, 0.4) is 0 Å². The zero-order valence-corrected chi connectivity index (χ0v) is 16.9. The van der Waals surface area contributed by atoms with E-state index in [2.05, 4.69) is 10.9 Å². The lowest BCUT2D eigenvalue weighted by atomic mass is 10.1. The Bertz CT molecular complexity index is 901. The number of carbonyl (C=O) groups excluding carboxylic acids is 3. The smallest absolute Gasteiger partial charge is 0.279 e. The number of hydrogen-bond donors (Lipinski definition) is 3. The van der Waals surface area contributed by atoms with Crippen LogP contribution in [0.15, 0.2) is 24.3 Å². The van der Waals surface area contributed by atoms with E-state index in [4.69, 9.17) is 15.2 Å². The lowest BCUT2D eigenvalue weighted by Crippen LogP contribution is -2.41. The number of aryl methyl sites for hydroxylation is 2. The summed E-state index contributed by atoms with van der Waals surface area (Å²) in [6.45, 7) is -0.303. The predicted molar refractivity (Wildman–Crippen MR) is 108 cm³/mol. The molecule has 0 atom stereocenters. The van der Waals surface area contributed by atoms with E-state index in [-0.39, 0.29) is 29.6 Å². The van der Waals surface area contributed by atoms with Gasteiger partial charge in [-0.05, 0) is 55.5 Å². The monoisotopic (exact) mass is 417 g/mol. The van der Waals surface area contributed by atoms with Gasteiger partial charge in [0.05, 0.1) is 12.0 Å². The highest BCUT2D eigenvalue weighted by Crippen LogP contribution is 2.29. The normalized spacial score (nSPS) is 13.0. The lowest BCUT2D eigenvalue weighted by Gasteiger charge is -2.11. The van der Waals surface area contributed by atoms with Crippen LogP contribution >= 0.6 is 11.3 Å². The molecule has 0 bridgehead atoms. The van der Waals surface area contributed by atoms with Crippen molar-refractivity contribution < 1.29 is 23.9 Å². The molecule has 1 heterocycles. The van der Waals surface area contributed by atoms with Crippen molar-refractivity contribution >= 4 is 29.1 Å². The Labute approximate surface area is 172 Å². The van der Waals surface area contributed by atoms with Crippen LogP contribution in [0.2, 0.25) is 0 Å². The molecule has 1 aromatic carbocycles. The highest BCUT2D eigenvalue weighted by atomic mass is 32.1. The van der Waals surface area contributed by atoms with Crippen LogP contribution in [0.5, 0.6) is 11.5 Å². The summed E-state index contributed by atoms with van der Waals surface area (Å²) in [5.74, 6) is -0.914. The first-order valence-corrected chi connectivity index (χ1v) is 10.1. The number of nitrogens with one attached hydrogen (secondary N) is 2. The number of methoxy groups -OCH3 is 1. The van der Waals surface area contributed by atoms with Crippen LogP contribution in [-0.4, -0.2) is 31.4 Å². The maximum Gasteiger partial charge on any atom is 0.279 e. The fourth-order valence-corrected chi connectivity index (χ4v) is 4.25. The van der Waals surface area contributed by atoms with Crippen LogP contribution in [-0.2, 0) is 17.6 Å². The Balaban J connectivity index is 1.61. The summed E-state index contributed by atoms with van der Waals surface area (Å²) in [5.41, 5.74) is 11.4. The molecule has 0 unspecified atom stereocenters. The molecule has 1 aliphatic rings. The molecule has 154 valence electrons. The van der Waals surface area contributed by atoms with Gasteiger partial charge in [0, 0.05) is 10.4 Å². The summed E-state index contributed by atoms with van der Waals surface area (Å²) in [7, 11) is 1.41. The van der Waals surface area contributed by atoms with Gasteiger partial charge in [0.2, 0.25) is 0 Å². The van der Waals surface area contributed by atoms with Crippen molar-refractivity contribution in [3.05, 3.63) is 45.1 Å². The number of primary amides is 1. The van der Waals surface area contributed by atoms with E-state index >= 15 is 0 Å². The first kappa shape index (κ1) is 20.7. The zero-order chi connectivity index (χ0) is 20.8. The van der Waals surface area contributed by atoms with E-state index in [0.717, 1.165) is 25.7 Å². The van der Waals surface area contributed by atoms with Crippen molar-refractivity contribution in [2.75, 3.05) is 13.7 Å². The minimum absolute atomic E-state index is 0.260. The molecule has 1 aromatic heterocycles. The number of ether oxygens (including phenoxy) is 2. The molecular formula is C20H23N3O5S. The van der Waals surface area contributed by atoms with Gasteiger partial charge >= 0.3 is 0 Å². The Morgan fingerprint density at radius 2 is 1.79 bits per heavy atom. The molecule has 0 saturated heterocycles. The number of thiophene rings is 1. The summed E-state index contributed by atoms with van der Waals surface area (Å²) < 4.78 is 10.4. The fourth-order valence-electron chi connectivity index (χ4n) is 3.10. The second-order valence-electron chi connectivity index (χ2n) is 6.65. The molecule has 0 saturated carbocycles. The average Bonchev–Trinajstić information content (AvgIpc) is 3.00. The minimum Gasteiger partial charge on any atom is -0.493 e. The van der Waals surface area contributed by atoms with Gasteiger partial charge in [0.1, 0.15) is 0 Å². The van der Waals surface area contributed by atoms with E-state index in [0.29, 0.717) is 4.88 Å². The molecule has 0 spiro atoms. The number of benzene rings is 1. The topological polar surface area (TPSA) is 120 Å². The molecule has 8 nitrogen and oxygen atoms in total. The Morgan fingerprint density at radius 1 is 1.03 bits per heavy atom. The first-order valence-electron chi connectivity index (χ1n) is 9.29. The number of nitrogens with two attached hydrogens (primary N) is 1. The number of carbonyl (C=O) groups is 3. The van der Waals surface area contributed by atoms with Crippen molar-refractivity contribution in [2.45, 2.75) is 32.1 Å². The van der Waals surface area contributed by atoms with Crippen molar-refractivity contribution in [2.24, 2.45) is 5.73 Å². The van der Waals surface area contributed by atoms with Crippen LogP contribution in [0.25, 0.3) is 0 Å². The summed E-state index contributed by atoms with van der Waals surface area (Å²) in [5, 5.41) is 0. The lowest BCUT2D eigenvalue weighted by molar-refractivity contribution is -0.119. The second kappa shape index (κ2) is 9.42. The quantitative estimate of drug-likeness (QED) is 0.490. The number of rotatable bonds is 6. The van der Waals surface area contributed by atoms with Gasteiger partial charge in [-0.3, -0.25) is 25.2 Å². The molecule has 29 heavy (non-hydrogen) atoms. The molecule has 0 radical (unpaired) electrons. The Hall–Kier alpha value is -3.07. The SMILES string of the molecule is COc1cc(C(=O)NNC(=O)c2cc3c(s2)CCCCC3)ccc1OCC(N)=O. The summed E-state index contributed by atoms with van der Waals surface area (Å²) in [4.78, 5) is 37.5. The largest absolute Gasteiger partial charge is 0.493 e. The van der Waals surface area contributed by atoms with Gasteiger partial charge in [-0.1, -0.05) is 6.42 Å². The molecule has 0 aliphatic heterocycles. The molecule has 9 heteroatoms. The first-order chi connectivity index (χ1) is 14.0. The predicted octanol–water partition coefficient (Wildman–Crippen LogP) is 1.96. The van der Waals surface area contributed by atoms with Crippen molar-refractivity contribution in [3.63, 3.8) is 0 Å². The molecule has 3 rings (SSSR count). The van der Waals surface area contributed by atoms with E-state index in [1.807, 2.05) is 6.07 Å². The Morgan fingerprint density at radius 3 is 2.55 bits per heavy atom. The van der Waals surface area contributed by atoms with Crippen molar-refractivity contribution in [1.82, 2.24) is 10.9 Å². The van der Waals surface area contributed by atoms with E-state index in [1.54, 1.807) is 0 Å². The summed E-state index contributed by atoms with van der Waals surface area (Å²) in [6.07, 6.45) is 5.50. The average molecular weight is 417 g/mol. The highest BCUT2D eigenvalue weighted by molar-refractivity contribution is 7.14. The van der Waals surface area contributed by atoms with Gasteiger partial charge in [0.25, 0.3) is 17.7 Å².